The fourth-order valence-electron chi connectivity index (χ4n) is 2.61. The number of sulfone groups is 1. The molecule has 2 unspecified atom stereocenters. The van der Waals surface area contributed by atoms with Crippen LogP contribution >= 0.6 is 0 Å². The van der Waals surface area contributed by atoms with Gasteiger partial charge in [0, 0.05) is 6.04 Å². The fraction of sp³-hybridized carbons (Fsp3) is 0.571. The van der Waals surface area contributed by atoms with Gasteiger partial charge in [-0.3, -0.25) is 0 Å². The number of rotatable bonds is 2. The Labute approximate surface area is 109 Å². The van der Waals surface area contributed by atoms with Gasteiger partial charge in [0.2, 0.25) is 0 Å². The van der Waals surface area contributed by atoms with E-state index in [1.165, 1.54) is 0 Å². The van der Waals surface area contributed by atoms with Gasteiger partial charge in [-0.2, -0.15) is 0 Å². The lowest BCUT2D eigenvalue weighted by molar-refractivity contribution is 0.332. The zero-order chi connectivity index (χ0) is 13.6. The third kappa shape index (κ3) is 2.19. The summed E-state index contributed by atoms with van der Waals surface area (Å²) in [5.74, 6) is 0. The second-order valence-corrected chi connectivity index (χ2v) is 8.12. The third-order valence-electron chi connectivity index (χ3n) is 4.12. The third-order valence-corrected chi connectivity index (χ3v) is 6.38. The van der Waals surface area contributed by atoms with E-state index in [0.717, 1.165) is 12.0 Å². The van der Waals surface area contributed by atoms with E-state index in [-0.39, 0.29) is 11.5 Å². The Morgan fingerprint density at radius 2 is 1.78 bits per heavy atom. The van der Waals surface area contributed by atoms with Crippen LogP contribution < -0.4 is 5.73 Å². The van der Waals surface area contributed by atoms with Crippen LogP contribution in [0, 0.1) is 12.3 Å². The maximum absolute atomic E-state index is 12.6. The quantitative estimate of drug-likeness (QED) is 0.894. The fourth-order valence-corrected chi connectivity index (χ4v) is 4.66. The highest BCUT2D eigenvalue weighted by Crippen LogP contribution is 2.41. The lowest BCUT2D eigenvalue weighted by atomic mass is 9.88. The molecular formula is C14H21NO2S. The molecule has 1 aliphatic carbocycles. The molecule has 0 bridgehead atoms. The molecule has 1 aromatic carbocycles. The Morgan fingerprint density at radius 3 is 2.22 bits per heavy atom. The molecule has 1 saturated carbocycles. The maximum atomic E-state index is 12.6. The van der Waals surface area contributed by atoms with Crippen LogP contribution in [0.4, 0.5) is 0 Å². The molecule has 1 fully saturated rings. The minimum absolute atomic E-state index is 0.0948. The van der Waals surface area contributed by atoms with Crippen molar-refractivity contribution in [3.63, 3.8) is 0 Å². The van der Waals surface area contributed by atoms with Crippen LogP contribution in [-0.2, 0) is 9.84 Å². The van der Waals surface area contributed by atoms with E-state index in [1.807, 2.05) is 32.9 Å². The van der Waals surface area contributed by atoms with E-state index < -0.39 is 15.1 Å². The van der Waals surface area contributed by atoms with E-state index in [1.54, 1.807) is 12.1 Å². The van der Waals surface area contributed by atoms with Crippen molar-refractivity contribution in [2.75, 3.05) is 0 Å². The average molecular weight is 267 g/mol. The summed E-state index contributed by atoms with van der Waals surface area (Å²) in [5.41, 5.74) is 7.10. The summed E-state index contributed by atoms with van der Waals surface area (Å²) in [6, 6.07) is 6.74. The Kier molecular flexibility index (Phi) is 3.28. The van der Waals surface area contributed by atoms with Crippen molar-refractivity contribution < 1.29 is 8.42 Å². The molecule has 0 aliphatic heterocycles. The van der Waals surface area contributed by atoms with E-state index >= 15 is 0 Å². The summed E-state index contributed by atoms with van der Waals surface area (Å²) < 4.78 is 25.1. The van der Waals surface area contributed by atoms with Gasteiger partial charge in [0.05, 0.1) is 10.1 Å². The van der Waals surface area contributed by atoms with Gasteiger partial charge in [-0.05, 0) is 37.3 Å². The van der Waals surface area contributed by atoms with Crippen molar-refractivity contribution in [3.8, 4) is 0 Å². The lowest BCUT2D eigenvalue weighted by Crippen LogP contribution is -2.43. The molecule has 0 saturated heterocycles. The molecule has 0 amide bonds. The molecule has 0 aromatic heterocycles. The molecule has 3 nitrogen and oxygen atoms in total. The van der Waals surface area contributed by atoms with Crippen molar-refractivity contribution in [1.29, 1.82) is 0 Å². The summed E-state index contributed by atoms with van der Waals surface area (Å²) in [7, 11) is -3.30. The Balaban J connectivity index is 2.36. The lowest BCUT2D eigenvalue weighted by Gasteiger charge is -2.26. The molecule has 0 heterocycles. The first kappa shape index (κ1) is 13.6. The van der Waals surface area contributed by atoms with Gasteiger partial charge in [0.15, 0.2) is 9.84 Å². The Morgan fingerprint density at radius 1 is 1.22 bits per heavy atom. The SMILES string of the molecule is Cc1ccc(S(=O)(=O)C2CCC(C)(C)C2N)cc1. The number of hydrogen-bond donors (Lipinski definition) is 1. The Bertz CT molecular complexity index is 531. The summed E-state index contributed by atoms with van der Waals surface area (Å²) in [4.78, 5) is 0.395. The van der Waals surface area contributed by atoms with E-state index in [4.69, 9.17) is 5.73 Å². The minimum atomic E-state index is -3.30. The Hall–Kier alpha value is -0.870. The van der Waals surface area contributed by atoms with Crippen molar-refractivity contribution >= 4 is 9.84 Å². The number of nitrogens with two attached hydrogens (primary N) is 1. The highest BCUT2D eigenvalue weighted by Gasteiger charge is 2.46. The molecule has 18 heavy (non-hydrogen) atoms. The average Bonchev–Trinajstić information content (AvgIpc) is 2.55. The standard InChI is InChI=1S/C14H21NO2S/c1-10-4-6-11(7-5-10)18(16,17)12-8-9-14(2,3)13(12)15/h4-7,12-13H,8-9,15H2,1-3H3. The largest absolute Gasteiger partial charge is 0.326 e. The highest BCUT2D eigenvalue weighted by molar-refractivity contribution is 7.92. The summed E-state index contributed by atoms with van der Waals surface area (Å²) in [6.45, 7) is 6.03. The van der Waals surface area contributed by atoms with Gasteiger partial charge in [-0.1, -0.05) is 31.5 Å². The van der Waals surface area contributed by atoms with Crippen LogP contribution in [0.15, 0.2) is 29.2 Å². The first-order valence-electron chi connectivity index (χ1n) is 6.31. The summed E-state index contributed by atoms with van der Waals surface area (Å²) in [5, 5.41) is -0.449. The molecular weight excluding hydrogens is 246 g/mol. The van der Waals surface area contributed by atoms with Crippen molar-refractivity contribution in [2.45, 2.75) is 49.8 Å². The maximum Gasteiger partial charge on any atom is 0.182 e. The molecule has 2 rings (SSSR count). The minimum Gasteiger partial charge on any atom is -0.326 e. The predicted molar refractivity (Wildman–Crippen MR) is 73.1 cm³/mol. The zero-order valence-corrected chi connectivity index (χ0v) is 12.0. The predicted octanol–water partition coefficient (Wildman–Crippen LogP) is 2.28. The molecule has 100 valence electrons. The summed E-state index contributed by atoms with van der Waals surface area (Å²) >= 11 is 0. The van der Waals surface area contributed by atoms with Gasteiger partial charge in [0.1, 0.15) is 0 Å². The normalized spacial score (nSPS) is 27.3. The molecule has 0 spiro atoms. The van der Waals surface area contributed by atoms with Gasteiger partial charge in [-0.25, -0.2) is 8.42 Å². The van der Waals surface area contributed by atoms with Gasteiger partial charge < -0.3 is 5.73 Å². The van der Waals surface area contributed by atoms with E-state index in [0.29, 0.717) is 11.3 Å². The zero-order valence-electron chi connectivity index (χ0n) is 11.2. The van der Waals surface area contributed by atoms with Crippen LogP contribution in [0.25, 0.3) is 0 Å². The van der Waals surface area contributed by atoms with Crippen LogP contribution in [-0.4, -0.2) is 19.7 Å². The van der Waals surface area contributed by atoms with Crippen LogP contribution in [0.1, 0.15) is 32.3 Å². The van der Waals surface area contributed by atoms with Gasteiger partial charge in [-0.15, -0.1) is 0 Å². The monoisotopic (exact) mass is 267 g/mol. The first-order chi connectivity index (χ1) is 8.25. The molecule has 4 heteroatoms. The molecule has 2 N–H and O–H groups in total. The van der Waals surface area contributed by atoms with Gasteiger partial charge in [0.25, 0.3) is 0 Å². The molecule has 1 aromatic rings. The highest BCUT2D eigenvalue weighted by atomic mass is 32.2. The number of aryl methyl sites for hydroxylation is 1. The van der Waals surface area contributed by atoms with Crippen molar-refractivity contribution in [3.05, 3.63) is 29.8 Å². The molecule has 2 atom stereocenters. The van der Waals surface area contributed by atoms with Gasteiger partial charge >= 0.3 is 0 Å². The van der Waals surface area contributed by atoms with Crippen LogP contribution in [0.5, 0.6) is 0 Å². The second kappa shape index (κ2) is 4.35. The van der Waals surface area contributed by atoms with E-state index in [2.05, 4.69) is 0 Å². The smallest absolute Gasteiger partial charge is 0.182 e. The van der Waals surface area contributed by atoms with E-state index in [9.17, 15) is 8.42 Å². The van der Waals surface area contributed by atoms with Crippen molar-refractivity contribution in [2.24, 2.45) is 11.1 Å². The second-order valence-electron chi connectivity index (χ2n) is 5.95. The molecule has 1 aliphatic rings. The van der Waals surface area contributed by atoms with Crippen LogP contribution in [0.2, 0.25) is 0 Å². The number of benzene rings is 1. The molecule has 0 radical (unpaired) electrons. The topological polar surface area (TPSA) is 60.2 Å². The van der Waals surface area contributed by atoms with Crippen molar-refractivity contribution in [1.82, 2.24) is 0 Å². The number of hydrogen-bond acceptors (Lipinski definition) is 3. The van der Waals surface area contributed by atoms with Crippen LogP contribution in [0.3, 0.4) is 0 Å². The first-order valence-corrected chi connectivity index (χ1v) is 7.86. The summed E-state index contributed by atoms with van der Waals surface area (Å²) in [6.07, 6.45) is 1.52.